The number of primary amides is 2. The standard InChI is InChI=1S/C68H95N23O20S2/c1-33(92)54-64(107)84-46(27-53(96)97)65(108)91-23-6-11-50(91)63(106)82-41(9-4-21-74-67(71)72)56(99)86-49-32-113-112-31-48(77-52(95)28-69)61(104)81-44(59(102)87-54)20-24-90-30-36(88-89-90)14-17-42(58(101)85-47(66(109)110)25-34-12-15-37(93)16-13-34)79-57(100)43(18-19-51(70)94)80-60(103)45(26-35-29-76-39-8-3-2-7-38(35)39)83-55(98)40(78-62(49)105)10-5-22-75-68(73)111/h2-3,7-8,12-13,15-16,29-30,33,40-50,54,76,92-93H,4-6,9-11,14,17-28,31-32,69H2,1H3,(H2,70,94)(H,77,95)(H,78,105)(H,79,100)(H,80,103)(H,81,104)(H,82,106)(H,83,98)(H,84,107)(H,85,101)(H,86,99)(H,87,102)(H,96,97)(H,109,110)(H4,71,72,74)(H3,73,75,111)/t33-,40+,41+,42-,43+,44+,45+,46+,47+,48?,49?,50?,54+/m1/s1. The number of phenolic OH excluding ortho intramolecular Hbond substituents is 1. The van der Waals surface area contributed by atoms with Crippen molar-refractivity contribution in [1.29, 1.82) is 5.41 Å². The van der Waals surface area contributed by atoms with Crippen LogP contribution in [0.25, 0.3) is 10.9 Å². The van der Waals surface area contributed by atoms with Crippen LogP contribution < -0.4 is 92.1 Å². The number of carbonyl (C=O) groups is 16. The number of aryl methyl sites for hydroxylation is 2. The summed E-state index contributed by atoms with van der Waals surface area (Å²) in [4.78, 5) is 231. The number of rotatable bonds is 23. The Labute approximate surface area is 653 Å². The summed E-state index contributed by atoms with van der Waals surface area (Å²) >= 11 is 0. The number of amides is 15. The first-order valence-corrected chi connectivity index (χ1v) is 38.6. The van der Waals surface area contributed by atoms with Gasteiger partial charge in [0.05, 0.1) is 24.8 Å². The minimum atomic E-state index is -2.04. The van der Waals surface area contributed by atoms with Gasteiger partial charge in [-0.1, -0.05) is 57.1 Å². The number of para-hydroxylation sites is 1. The van der Waals surface area contributed by atoms with Crippen LogP contribution in [0.3, 0.4) is 0 Å². The van der Waals surface area contributed by atoms with Crippen LogP contribution in [0, 0.1) is 5.41 Å². The first kappa shape index (κ1) is 88.3. The average Bonchev–Trinajstić information content (AvgIpc) is 1.71. The monoisotopic (exact) mass is 1620 g/mol. The van der Waals surface area contributed by atoms with Crippen LogP contribution in [0.2, 0.25) is 0 Å². The van der Waals surface area contributed by atoms with Crippen LogP contribution in [0.15, 0.2) is 60.9 Å². The minimum absolute atomic E-state index is 0.0252. The lowest BCUT2D eigenvalue weighted by atomic mass is 10.0. The Hall–Kier alpha value is -11.9. The second-order valence-corrected chi connectivity index (χ2v) is 29.5. The number of benzene rings is 2. The van der Waals surface area contributed by atoms with E-state index in [0.29, 0.717) is 22.0 Å². The number of hydrogen-bond acceptors (Lipinski definition) is 24. The molecular formula is C68H95N23O20S2. The first-order valence-electron chi connectivity index (χ1n) is 36.1. The van der Waals surface area contributed by atoms with E-state index in [9.17, 15) is 78.0 Å². The summed E-state index contributed by atoms with van der Waals surface area (Å²) in [6.07, 6.45) is -3.98. The molecule has 3 aliphatic rings. The quantitative estimate of drug-likeness (QED) is 0.0142. The third-order valence-corrected chi connectivity index (χ3v) is 20.8. The van der Waals surface area contributed by atoms with Gasteiger partial charge in [-0.3, -0.25) is 77.2 Å². The highest BCUT2D eigenvalue weighted by Gasteiger charge is 2.43. The zero-order chi connectivity index (χ0) is 82.6. The smallest absolute Gasteiger partial charge is 0.326 e. The number of phenols is 1. The Bertz CT molecular complexity index is 4130. The molecule has 614 valence electrons. The van der Waals surface area contributed by atoms with Crippen LogP contribution in [-0.2, 0) is 97.7 Å². The normalized spacial score (nSPS) is 23.8. The van der Waals surface area contributed by atoms with Crippen molar-refractivity contribution in [1.82, 2.24) is 94.0 Å². The summed E-state index contributed by atoms with van der Waals surface area (Å²) in [6, 6.07) is -9.87. The Morgan fingerprint density at radius 3 is 1.95 bits per heavy atom. The van der Waals surface area contributed by atoms with Gasteiger partial charge in [0.25, 0.3) is 0 Å². The van der Waals surface area contributed by atoms with Gasteiger partial charge in [0.1, 0.15) is 78.3 Å². The van der Waals surface area contributed by atoms with Gasteiger partial charge in [-0.05, 0) is 100 Å². The van der Waals surface area contributed by atoms with Crippen molar-refractivity contribution in [3.8, 4) is 5.75 Å². The van der Waals surface area contributed by atoms with Crippen LogP contribution in [0.4, 0.5) is 4.79 Å². The van der Waals surface area contributed by atoms with Crippen molar-refractivity contribution in [2.75, 3.05) is 37.7 Å². The van der Waals surface area contributed by atoms with Crippen LogP contribution in [0.1, 0.15) is 94.4 Å². The molecule has 3 aliphatic heterocycles. The van der Waals surface area contributed by atoms with Crippen molar-refractivity contribution >= 4 is 133 Å². The van der Waals surface area contributed by atoms with E-state index in [1.807, 2.05) is 0 Å². The fourth-order valence-corrected chi connectivity index (χ4v) is 14.7. The van der Waals surface area contributed by atoms with Crippen LogP contribution in [-0.4, -0.2) is 262 Å². The molecule has 43 nitrogen and oxygen atoms in total. The number of nitrogens with two attached hydrogens (primary N) is 4. The predicted octanol–water partition coefficient (Wildman–Crippen LogP) is -7.12. The lowest BCUT2D eigenvalue weighted by Gasteiger charge is -2.31. The number of aliphatic carboxylic acids is 2. The van der Waals surface area contributed by atoms with Crippen molar-refractivity contribution in [2.45, 2.75) is 182 Å². The number of aromatic amines is 1. The largest absolute Gasteiger partial charge is 0.508 e. The zero-order valence-corrected chi connectivity index (χ0v) is 63.0. The number of aromatic nitrogens is 4. The first-order chi connectivity index (χ1) is 53.8. The van der Waals surface area contributed by atoms with Crippen molar-refractivity contribution in [3.63, 3.8) is 0 Å². The maximum Gasteiger partial charge on any atom is 0.326 e. The van der Waals surface area contributed by atoms with E-state index in [4.69, 9.17) is 28.3 Å². The number of fused-ring (bicyclic) bond motifs is 12. The Balaban J connectivity index is 1.40. The molecule has 2 aromatic carbocycles. The molecule has 2 saturated heterocycles. The van der Waals surface area contributed by atoms with E-state index in [1.165, 1.54) is 36.7 Å². The summed E-state index contributed by atoms with van der Waals surface area (Å²) in [5.74, 6) is -19.0. The maximum absolute atomic E-state index is 15.3. The third kappa shape index (κ3) is 27.5. The highest BCUT2D eigenvalue weighted by Crippen LogP contribution is 2.26. The Morgan fingerprint density at radius 2 is 1.28 bits per heavy atom. The van der Waals surface area contributed by atoms with Gasteiger partial charge in [0.2, 0.25) is 76.8 Å². The van der Waals surface area contributed by atoms with Gasteiger partial charge < -0.3 is 122 Å². The van der Waals surface area contributed by atoms with Gasteiger partial charge in [-0.25, -0.2) is 9.59 Å². The number of guanidine groups is 1. The lowest BCUT2D eigenvalue weighted by Crippen LogP contribution is -2.62. The number of aliphatic hydroxyl groups is 1. The van der Waals surface area contributed by atoms with E-state index in [0.717, 1.165) is 38.1 Å². The molecule has 2 fully saturated rings. The van der Waals surface area contributed by atoms with E-state index >= 15 is 19.2 Å². The molecule has 3 unspecified atom stereocenters. The summed E-state index contributed by atoms with van der Waals surface area (Å²) in [5, 5.41) is 90.9. The summed E-state index contributed by atoms with van der Waals surface area (Å²) in [7, 11) is 1.63. The number of hydrogen-bond donors (Lipinski definition) is 23. The molecule has 0 saturated carbocycles. The van der Waals surface area contributed by atoms with Crippen molar-refractivity contribution in [3.05, 3.63) is 77.7 Å². The zero-order valence-electron chi connectivity index (χ0n) is 61.4. The molecule has 27 N–H and O–H groups in total. The number of nitrogens with one attached hydrogen (secondary N) is 15. The molecule has 4 bridgehead atoms. The van der Waals surface area contributed by atoms with Crippen molar-refractivity contribution in [2.24, 2.45) is 22.9 Å². The van der Waals surface area contributed by atoms with Gasteiger partial charge in [0.15, 0.2) is 5.96 Å². The predicted molar refractivity (Wildman–Crippen MR) is 403 cm³/mol. The van der Waals surface area contributed by atoms with Gasteiger partial charge in [-0.15, -0.1) is 5.10 Å². The molecule has 0 spiro atoms. The SMILES string of the molecule is C[C@@H](O)[C@@H]1NC(=O)[C@@H]2CCn3cc(nn3)CC[C@H](C(=O)N[C@@H](Cc3ccc(O)cc3)C(=O)O)NC(=O)[C@H](CCC(N)=O)NC(=O)[C@H](Cc3c[nH]c4ccccc34)NC(=O)[C@H](CCCNC(N)=O)NC(=O)C(CSSCC(NC(=O)CN)C(=O)N2)NC(=O)[C@H](CCCNC(=N)N)NC(=O)C2CCCN2C(=O)[C@H](CC(=O)O)NC1=O. The summed E-state index contributed by atoms with van der Waals surface area (Å²) in [6.45, 7) is -0.473. The maximum atomic E-state index is 15.3. The van der Waals surface area contributed by atoms with Crippen molar-refractivity contribution < 1.29 is 97.1 Å². The number of aliphatic hydroxyl groups excluding tert-OH is 1. The van der Waals surface area contributed by atoms with Gasteiger partial charge >= 0.3 is 18.0 Å². The van der Waals surface area contributed by atoms with E-state index < -0.39 is 229 Å². The number of aromatic hydroxyl groups is 1. The van der Waals surface area contributed by atoms with Gasteiger partial charge in [0, 0.05) is 80.2 Å². The second kappa shape index (κ2) is 43.1. The minimum Gasteiger partial charge on any atom is -0.508 e. The molecule has 13 atom stereocenters. The molecule has 2 aromatic heterocycles. The molecule has 7 rings (SSSR count). The highest BCUT2D eigenvalue weighted by molar-refractivity contribution is 8.76. The fraction of sp³-hybridized carbons (Fsp3) is 0.515. The number of carboxylic acid groups (broad SMARTS) is 2. The molecule has 4 aromatic rings. The molecule has 0 radical (unpaired) electrons. The Morgan fingerprint density at radius 1 is 0.673 bits per heavy atom. The van der Waals surface area contributed by atoms with E-state index in [2.05, 4.69) is 84.4 Å². The lowest BCUT2D eigenvalue weighted by molar-refractivity contribution is -0.146. The highest BCUT2D eigenvalue weighted by atomic mass is 33.1. The number of carboxylic acids is 2. The fourth-order valence-electron chi connectivity index (χ4n) is 12.4. The topological polar surface area (TPSA) is 688 Å². The number of carbonyl (C=O) groups excluding carboxylic acids is 14. The molecule has 113 heavy (non-hydrogen) atoms. The summed E-state index contributed by atoms with van der Waals surface area (Å²) < 4.78 is 1.16. The second-order valence-electron chi connectivity index (χ2n) is 27.0. The number of urea groups is 1. The number of nitrogens with zero attached hydrogens (tertiary/aromatic N) is 4. The molecular weight excluding hydrogens is 1520 g/mol. The van der Waals surface area contributed by atoms with Crippen LogP contribution >= 0.6 is 21.6 Å². The molecule has 45 heteroatoms. The molecule has 0 aliphatic carbocycles. The van der Waals surface area contributed by atoms with E-state index in [1.54, 1.807) is 24.3 Å². The van der Waals surface area contributed by atoms with E-state index in [-0.39, 0.29) is 95.4 Å². The number of H-pyrrole nitrogens is 1. The van der Waals surface area contributed by atoms with Crippen LogP contribution in [0.5, 0.6) is 5.75 Å². The summed E-state index contributed by atoms with van der Waals surface area (Å²) in [5.41, 5.74) is 23.7. The Kier molecular flexibility index (Phi) is 33.7. The molecule has 5 heterocycles. The van der Waals surface area contributed by atoms with Gasteiger partial charge in [-0.2, -0.15) is 0 Å². The molecule has 15 amide bonds. The third-order valence-electron chi connectivity index (χ3n) is 18.4. The average molecular weight is 1620 g/mol.